The minimum absolute atomic E-state index is 0.0636. The van der Waals surface area contributed by atoms with Crippen LogP contribution in [0.4, 0.5) is 5.69 Å². The first-order valence-electron chi connectivity index (χ1n) is 7.43. The molecule has 0 amide bonds. The number of carbonyl (C=O) groups excluding carboxylic acids is 1. The lowest BCUT2D eigenvalue weighted by molar-refractivity contribution is -0.385. The van der Waals surface area contributed by atoms with Crippen LogP contribution in [-0.2, 0) is 19.2 Å². The van der Waals surface area contributed by atoms with Gasteiger partial charge in [-0.05, 0) is 25.0 Å². The predicted molar refractivity (Wildman–Crippen MR) is 95.3 cm³/mol. The predicted octanol–water partition coefficient (Wildman–Crippen LogP) is 3.33. The Labute approximate surface area is 155 Å². The quantitative estimate of drug-likeness (QED) is 0.426. The van der Waals surface area contributed by atoms with Gasteiger partial charge in [0.2, 0.25) is 5.78 Å². The number of allylic oxidation sites excluding steroid dienone is 4. The van der Waals surface area contributed by atoms with Gasteiger partial charge in [0.05, 0.1) is 9.96 Å². The Hall–Kier alpha value is -2.52. The van der Waals surface area contributed by atoms with Crippen molar-refractivity contribution in [2.75, 3.05) is 0 Å². The molecule has 1 aromatic carbocycles. The van der Waals surface area contributed by atoms with Gasteiger partial charge in [0.15, 0.2) is 0 Å². The van der Waals surface area contributed by atoms with Crippen molar-refractivity contribution in [3.05, 3.63) is 56.6 Å². The standard InChI is InChI=1S/C16H15ClN2O6S/c1-9(2)13-8-14(10(3)15(17)16(13)20)18-25-26(23,24)12-6-4-5-11(7-12)19(21)22/h4-9H,1-3H3/b18-14+. The summed E-state index contributed by atoms with van der Waals surface area (Å²) in [5.41, 5.74) is 0.338. The number of nitrogens with zero attached hydrogens (tertiary/aromatic N) is 2. The fourth-order valence-electron chi connectivity index (χ4n) is 2.14. The summed E-state index contributed by atoms with van der Waals surface area (Å²) in [4.78, 5) is 21.8. The Balaban J connectivity index is 2.39. The minimum atomic E-state index is -4.38. The van der Waals surface area contributed by atoms with Crippen LogP contribution in [0.2, 0.25) is 0 Å². The zero-order valence-corrected chi connectivity index (χ0v) is 15.7. The minimum Gasteiger partial charge on any atom is -0.288 e. The lowest BCUT2D eigenvalue weighted by atomic mass is 9.90. The van der Waals surface area contributed by atoms with Crippen LogP contribution in [0.25, 0.3) is 0 Å². The van der Waals surface area contributed by atoms with E-state index in [0.717, 1.165) is 18.2 Å². The third-order valence-electron chi connectivity index (χ3n) is 3.64. The summed E-state index contributed by atoms with van der Waals surface area (Å²) in [6, 6.07) is 4.39. The molecule has 0 heterocycles. The Morgan fingerprint density at radius 3 is 2.54 bits per heavy atom. The molecule has 10 heteroatoms. The second kappa shape index (κ2) is 7.38. The van der Waals surface area contributed by atoms with Crippen LogP contribution in [0.15, 0.2) is 56.6 Å². The molecule has 2 rings (SSSR count). The highest BCUT2D eigenvalue weighted by Gasteiger charge is 2.27. The summed E-state index contributed by atoms with van der Waals surface area (Å²) in [5.74, 6) is -0.498. The fraction of sp³-hybridized carbons (Fsp3) is 0.250. The molecule has 1 aromatic rings. The molecule has 0 saturated heterocycles. The number of halogens is 1. The summed E-state index contributed by atoms with van der Waals surface area (Å²) >= 11 is 6.00. The average Bonchev–Trinajstić information content (AvgIpc) is 2.59. The van der Waals surface area contributed by atoms with Gasteiger partial charge in [-0.1, -0.05) is 36.7 Å². The van der Waals surface area contributed by atoms with Crippen molar-refractivity contribution in [2.45, 2.75) is 25.7 Å². The van der Waals surface area contributed by atoms with Crippen molar-refractivity contribution in [3.8, 4) is 0 Å². The average molecular weight is 399 g/mol. The summed E-state index contributed by atoms with van der Waals surface area (Å²) in [6.45, 7) is 5.08. The van der Waals surface area contributed by atoms with Crippen molar-refractivity contribution < 1.29 is 22.4 Å². The fourth-order valence-corrected chi connectivity index (χ4v) is 3.12. The molecule has 0 bridgehead atoms. The van der Waals surface area contributed by atoms with E-state index in [-0.39, 0.29) is 28.0 Å². The topological polar surface area (TPSA) is 116 Å². The van der Waals surface area contributed by atoms with Gasteiger partial charge < -0.3 is 0 Å². The highest BCUT2D eigenvalue weighted by Crippen LogP contribution is 2.27. The molecule has 1 aliphatic carbocycles. The second-order valence-corrected chi connectivity index (χ2v) is 7.69. The maximum absolute atomic E-state index is 12.2. The number of Topliss-reactive ketones (excluding diaryl/α,β-unsaturated/α-hetero) is 1. The van der Waals surface area contributed by atoms with E-state index >= 15 is 0 Å². The number of hydrogen-bond acceptors (Lipinski definition) is 7. The molecule has 0 saturated carbocycles. The number of rotatable bonds is 5. The number of non-ortho nitro benzene ring substituents is 1. The van der Waals surface area contributed by atoms with Gasteiger partial charge in [-0.25, -0.2) is 0 Å². The molecule has 1 aliphatic rings. The van der Waals surface area contributed by atoms with E-state index in [0.29, 0.717) is 5.57 Å². The zero-order chi connectivity index (χ0) is 19.6. The third kappa shape index (κ3) is 4.00. The van der Waals surface area contributed by atoms with Gasteiger partial charge in [-0.2, -0.15) is 8.42 Å². The summed E-state index contributed by atoms with van der Waals surface area (Å²) in [5, 5.41) is 14.3. The van der Waals surface area contributed by atoms with E-state index in [1.165, 1.54) is 19.1 Å². The van der Waals surface area contributed by atoms with Crippen molar-refractivity contribution in [2.24, 2.45) is 11.1 Å². The van der Waals surface area contributed by atoms with E-state index in [1.807, 2.05) is 0 Å². The number of oxime groups is 1. The van der Waals surface area contributed by atoms with Gasteiger partial charge in [-0.3, -0.25) is 19.2 Å². The van der Waals surface area contributed by atoms with Crippen LogP contribution < -0.4 is 0 Å². The lowest BCUT2D eigenvalue weighted by Gasteiger charge is -2.17. The first kappa shape index (κ1) is 19.8. The molecular weight excluding hydrogens is 384 g/mol. The molecular formula is C16H15ClN2O6S. The number of carbonyl (C=O) groups is 1. The molecule has 138 valence electrons. The maximum Gasteiger partial charge on any atom is 0.358 e. The molecule has 0 aliphatic heterocycles. The molecule has 26 heavy (non-hydrogen) atoms. The Morgan fingerprint density at radius 1 is 1.31 bits per heavy atom. The van der Waals surface area contributed by atoms with Crippen LogP contribution >= 0.6 is 11.6 Å². The third-order valence-corrected chi connectivity index (χ3v) is 5.20. The van der Waals surface area contributed by atoms with E-state index in [9.17, 15) is 23.3 Å². The highest BCUT2D eigenvalue weighted by atomic mass is 35.5. The first-order chi connectivity index (χ1) is 12.0. The van der Waals surface area contributed by atoms with Gasteiger partial charge in [0.1, 0.15) is 10.6 Å². The SMILES string of the molecule is CC1=C(Cl)C(=O)C(C(C)C)=C/C1=N\OS(=O)(=O)c1cccc([N+](=O)[O-])c1. The van der Waals surface area contributed by atoms with Crippen molar-refractivity contribution in [3.63, 3.8) is 0 Å². The van der Waals surface area contributed by atoms with E-state index < -0.39 is 25.6 Å². The van der Waals surface area contributed by atoms with Crippen LogP contribution in [0.1, 0.15) is 20.8 Å². The normalized spacial score (nSPS) is 16.9. The number of ketones is 1. The molecule has 0 radical (unpaired) electrons. The molecule has 8 nitrogen and oxygen atoms in total. The summed E-state index contributed by atoms with van der Waals surface area (Å²) < 4.78 is 29.1. The molecule has 0 aromatic heterocycles. The van der Waals surface area contributed by atoms with Crippen molar-refractivity contribution in [1.29, 1.82) is 0 Å². The Morgan fingerprint density at radius 2 is 1.96 bits per heavy atom. The molecule has 0 fully saturated rings. The van der Waals surface area contributed by atoms with E-state index in [1.54, 1.807) is 13.8 Å². The Kier molecular flexibility index (Phi) is 5.62. The molecule has 0 atom stereocenters. The van der Waals surface area contributed by atoms with Gasteiger partial charge in [0.25, 0.3) is 5.69 Å². The van der Waals surface area contributed by atoms with Crippen LogP contribution in [0, 0.1) is 16.0 Å². The number of nitro benzene ring substituents is 1. The molecule has 0 unspecified atom stereocenters. The number of nitro groups is 1. The largest absolute Gasteiger partial charge is 0.358 e. The van der Waals surface area contributed by atoms with Gasteiger partial charge in [-0.15, -0.1) is 0 Å². The highest BCUT2D eigenvalue weighted by molar-refractivity contribution is 7.86. The van der Waals surface area contributed by atoms with Gasteiger partial charge >= 0.3 is 10.1 Å². The monoisotopic (exact) mass is 398 g/mol. The van der Waals surface area contributed by atoms with Crippen molar-refractivity contribution >= 4 is 38.9 Å². The van der Waals surface area contributed by atoms with E-state index in [4.69, 9.17) is 11.6 Å². The second-order valence-electron chi connectivity index (χ2n) is 5.78. The summed E-state index contributed by atoms with van der Waals surface area (Å²) in [6.07, 6.45) is 1.41. The smallest absolute Gasteiger partial charge is 0.288 e. The van der Waals surface area contributed by atoms with Crippen molar-refractivity contribution in [1.82, 2.24) is 0 Å². The summed E-state index contributed by atoms with van der Waals surface area (Å²) in [7, 11) is -4.38. The van der Waals surface area contributed by atoms with Crippen LogP contribution in [0.5, 0.6) is 0 Å². The number of hydrogen-bond donors (Lipinski definition) is 0. The van der Waals surface area contributed by atoms with E-state index in [2.05, 4.69) is 9.44 Å². The number of benzene rings is 1. The Bertz CT molecular complexity index is 976. The maximum atomic E-state index is 12.2. The van der Waals surface area contributed by atoms with Gasteiger partial charge in [0, 0.05) is 23.3 Å². The lowest BCUT2D eigenvalue weighted by Crippen LogP contribution is -2.19. The van der Waals surface area contributed by atoms with Crippen LogP contribution in [0.3, 0.4) is 0 Å². The zero-order valence-electron chi connectivity index (χ0n) is 14.1. The van der Waals surface area contributed by atoms with Crippen LogP contribution in [-0.4, -0.2) is 24.8 Å². The first-order valence-corrected chi connectivity index (χ1v) is 9.22. The molecule has 0 spiro atoms. The molecule has 0 N–H and O–H groups in total.